The quantitative estimate of drug-likeness (QED) is 0.435. The van der Waals surface area contributed by atoms with Crippen LogP contribution in [-0.2, 0) is 4.79 Å². The van der Waals surface area contributed by atoms with Gasteiger partial charge < -0.3 is 14.2 Å². The summed E-state index contributed by atoms with van der Waals surface area (Å²) in [5, 5.41) is 0. The molecule has 2 aliphatic rings. The number of fused-ring (bicyclic) bond motifs is 1. The molecule has 0 bridgehead atoms. The highest BCUT2D eigenvalue weighted by Gasteiger charge is 2.29. The highest BCUT2D eigenvalue weighted by Crippen LogP contribution is 2.36. The van der Waals surface area contributed by atoms with Crippen LogP contribution in [0, 0.1) is 5.92 Å². The van der Waals surface area contributed by atoms with Crippen molar-refractivity contribution in [2.24, 2.45) is 5.92 Å². The fourth-order valence-corrected chi connectivity index (χ4v) is 3.70. The Kier molecular flexibility index (Phi) is 5.15. The number of ether oxygens (including phenoxy) is 3. The topological polar surface area (TPSA) is 61.8 Å². The van der Waals surface area contributed by atoms with E-state index in [9.17, 15) is 9.59 Å². The van der Waals surface area contributed by atoms with Crippen molar-refractivity contribution in [2.45, 2.75) is 32.1 Å². The zero-order valence-corrected chi connectivity index (χ0v) is 15.8. The molecule has 2 aromatic carbocycles. The molecule has 5 nitrogen and oxygen atoms in total. The zero-order chi connectivity index (χ0) is 19.5. The van der Waals surface area contributed by atoms with E-state index in [-0.39, 0.29) is 23.4 Å². The number of hydrogen-bond acceptors (Lipinski definition) is 5. The van der Waals surface area contributed by atoms with E-state index in [0.29, 0.717) is 22.8 Å². The van der Waals surface area contributed by atoms with E-state index in [2.05, 4.69) is 0 Å². The molecule has 5 heteroatoms. The monoisotopic (exact) mass is 378 g/mol. The molecule has 1 saturated carbocycles. The van der Waals surface area contributed by atoms with Crippen LogP contribution in [0.25, 0.3) is 6.08 Å². The Hall–Kier alpha value is -3.08. The van der Waals surface area contributed by atoms with Gasteiger partial charge in [-0.2, -0.15) is 0 Å². The van der Waals surface area contributed by atoms with Gasteiger partial charge in [-0.1, -0.05) is 37.5 Å². The van der Waals surface area contributed by atoms with Crippen molar-refractivity contribution < 1.29 is 23.8 Å². The molecule has 1 aliphatic heterocycles. The third-order valence-electron chi connectivity index (χ3n) is 5.22. The predicted octanol–water partition coefficient (Wildman–Crippen LogP) is 4.80. The molecular weight excluding hydrogens is 356 g/mol. The predicted molar refractivity (Wildman–Crippen MR) is 105 cm³/mol. The van der Waals surface area contributed by atoms with Crippen molar-refractivity contribution in [1.29, 1.82) is 0 Å². The third-order valence-corrected chi connectivity index (χ3v) is 5.22. The molecule has 2 aromatic rings. The van der Waals surface area contributed by atoms with Crippen LogP contribution in [0.4, 0.5) is 0 Å². The molecule has 0 amide bonds. The van der Waals surface area contributed by atoms with Gasteiger partial charge in [-0.05, 0) is 37.1 Å². The van der Waals surface area contributed by atoms with Gasteiger partial charge in [0.1, 0.15) is 17.2 Å². The molecule has 1 fully saturated rings. The van der Waals surface area contributed by atoms with Gasteiger partial charge in [-0.3, -0.25) is 9.59 Å². The minimum absolute atomic E-state index is 0.0365. The summed E-state index contributed by atoms with van der Waals surface area (Å²) in [7, 11) is 1.58. The van der Waals surface area contributed by atoms with E-state index in [1.807, 2.05) is 24.3 Å². The highest BCUT2D eigenvalue weighted by molar-refractivity contribution is 6.14. The van der Waals surface area contributed by atoms with Crippen LogP contribution in [0.5, 0.6) is 17.2 Å². The van der Waals surface area contributed by atoms with Crippen molar-refractivity contribution in [3.63, 3.8) is 0 Å². The molecule has 1 aliphatic carbocycles. The average Bonchev–Trinajstić information content (AvgIpc) is 3.04. The lowest BCUT2D eigenvalue weighted by atomic mass is 9.89. The van der Waals surface area contributed by atoms with Gasteiger partial charge in [0.05, 0.1) is 18.6 Å². The van der Waals surface area contributed by atoms with E-state index < -0.39 is 0 Å². The molecule has 0 spiro atoms. The first-order valence-corrected chi connectivity index (χ1v) is 9.59. The maximum absolute atomic E-state index is 12.6. The summed E-state index contributed by atoms with van der Waals surface area (Å²) in [6.45, 7) is 0. The number of rotatable bonds is 4. The van der Waals surface area contributed by atoms with Crippen molar-refractivity contribution in [2.75, 3.05) is 7.11 Å². The molecule has 0 aromatic heterocycles. The number of allylic oxidation sites excluding steroid dienone is 1. The molecule has 4 rings (SSSR count). The first kappa shape index (κ1) is 18.3. The fourth-order valence-electron chi connectivity index (χ4n) is 3.70. The summed E-state index contributed by atoms with van der Waals surface area (Å²) in [6, 6.07) is 12.3. The Morgan fingerprint density at radius 2 is 1.89 bits per heavy atom. The van der Waals surface area contributed by atoms with Gasteiger partial charge in [-0.15, -0.1) is 0 Å². The first-order valence-electron chi connectivity index (χ1n) is 9.59. The smallest absolute Gasteiger partial charge is 0.314 e. The van der Waals surface area contributed by atoms with Crippen molar-refractivity contribution in [1.82, 2.24) is 0 Å². The standard InChI is InChI=1S/C23H22O5/c1-26-19-10-6-5-9-16(19)13-21-22(24)18-12-11-17(14-20(18)28-21)27-23(25)15-7-3-2-4-8-15/h5-6,9-15H,2-4,7-8H2,1H3. The lowest BCUT2D eigenvalue weighted by Crippen LogP contribution is -2.22. The number of benzene rings is 2. The second-order valence-electron chi connectivity index (χ2n) is 7.10. The van der Waals surface area contributed by atoms with Crippen molar-refractivity contribution >= 4 is 17.8 Å². The molecule has 144 valence electrons. The van der Waals surface area contributed by atoms with E-state index >= 15 is 0 Å². The van der Waals surface area contributed by atoms with Gasteiger partial charge in [-0.25, -0.2) is 0 Å². The van der Waals surface area contributed by atoms with Crippen LogP contribution in [-0.4, -0.2) is 18.9 Å². The number of ketones is 1. The summed E-state index contributed by atoms with van der Waals surface area (Å²) in [5.41, 5.74) is 1.21. The molecule has 0 atom stereocenters. The molecule has 0 radical (unpaired) electrons. The zero-order valence-electron chi connectivity index (χ0n) is 15.8. The van der Waals surface area contributed by atoms with Gasteiger partial charge >= 0.3 is 5.97 Å². The van der Waals surface area contributed by atoms with Crippen molar-refractivity contribution in [3.05, 3.63) is 59.4 Å². The Labute approximate surface area is 163 Å². The SMILES string of the molecule is COc1ccccc1C=C1Oc2cc(OC(=O)C3CCCCC3)ccc2C1=O. The first-order chi connectivity index (χ1) is 13.7. The van der Waals surface area contributed by atoms with Gasteiger partial charge in [0.2, 0.25) is 5.78 Å². The van der Waals surface area contributed by atoms with Crippen molar-refractivity contribution in [3.8, 4) is 17.2 Å². The number of Topliss-reactive ketones (excluding diaryl/α,β-unsaturated/α-hetero) is 1. The largest absolute Gasteiger partial charge is 0.496 e. The van der Waals surface area contributed by atoms with Gasteiger partial charge in [0.15, 0.2) is 5.76 Å². The summed E-state index contributed by atoms with van der Waals surface area (Å²) in [4.78, 5) is 25.0. The van der Waals surface area contributed by atoms with Gasteiger partial charge in [0.25, 0.3) is 0 Å². The van der Waals surface area contributed by atoms with E-state index in [1.54, 1.807) is 31.4 Å². The lowest BCUT2D eigenvalue weighted by molar-refractivity contribution is -0.139. The van der Waals surface area contributed by atoms with Crippen LogP contribution in [0.2, 0.25) is 0 Å². The molecule has 0 unspecified atom stereocenters. The average molecular weight is 378 g/mol. The number of carbonyl (C=O) groups is 2. The van der Waals surface area contributed by atoms with Crippen LogP contribution >= 0.6 is 0 Å². The Morgan fingerprint density at radius 1 is 1.11 bits per heavy atom. The fraction of sp³-hybridized carbons (Fsp3) is 0.304. The second kappa shape index (κ2) is 7.89. The summed E-state index contributed by atoms with van der Waals surface area (Å²) in [6.07, 6.45) is 6.74. The van der Waals surface area contributed by atoms with Crippen LogP contribution < -0.4 is 14.2 Å². The lowest BCUT2D eigenvalue weighted by Gasteiger charge is -2.19. The van der Waals surface area contributed by atoms with E-state index in [1.165, 1.54) is 6.42 Å². The Balaban J connectivity index is 1.53. The minimum Gasteiger partial charge on any atom is -0.496 e. The summed E-state index contributed by atoms with van der Waals surface area (Å²) >= 11 is 0. The molecule has 0 N–H and O–H groups in total. The molecule has 0 saturated heterocycles. The second-order valence-corrected chi connectivity index (χ2v) is 7.10. The molecular formula is C23H22O5. The number of hydrogen-bond donors (Lipinski definition) is 0. The van der Waals surface area contributed by atoms with Crippen LogP contribution in [0.1, 0.15) is 48.0 Å². The Morgan fingerprint density at radius 3 is 2.68 bits per heavy atom. The van der Waals surface area contributed by atoms with E-state index in [4.69, 9.17) is 14.2 Å². The number of para-hydroxylation sites is 1. The van der Waals surface area contributed by atoms with Crippen LogP contribution in [0.15, 0.2) is 48.2 Å². The van der Waals surface area contributed by atoms with E-state index in [0.717, 1.165) is 31.2 Å². The molecule has 28 heavy (non-hydrogen) atoms. The number of methoxy groups -OCH3 is 1. The number of esters is 1. The normalized spacial score (nSPS) is 17.9. The maximum atomic E-state index is 12.6. The van der Waals surface area contributed by atoms with Crippen LogP contribution in [0.3, 0.4) is 0 Å². The summed E-state index contributed by atoms with van der Waals surface area (Å²) in [5.74, 6) is 1.24. The summed E-state index contributed by atoms with van der Waals surface area (Å²) < 4.78 is 16.6. The maximum Gasteiger partial charge on any atom is 0.314 e. The Bertz CT molecular complexity index is 938. The minimum atomic E-state index is -0.203. The third kappa shape index (κ3) is 3.65. The molecule has 1 heterocycles. The highest BCUT2D eigenvalue weighted by atomic mass is 16.5. The van der Waals surface area contributed by atoms with Gasteiger partial charge in [0, 0.05) is 11.6 Å². The number of carbonyl (C=O) groups excluding carboxylic acids is 2.